The maximum Gasteiger partial charge on any atom is 0.416 e. The zero-order chi connectivity index (χ0) is 22.1. The molecule has 1 atom stereocenters. The van der Waals surface area contributed by atoms with Crippen LogP contribution in [0.1, 0.15) is 42.9 Å². The first-order valence-electron chi connectivity index (χ1n) is 9.56. The van der Waals surface area contributed by atoms with Crippen LogP contribution in [0.25, 0.3) is 0 Å². The highest BCUT2D eigenvalue weighted by Gasteiger charge is 2.32. The van der Waals surface area contributed by atoms with E-state index in [2.05, 4.69) is 4.99 Å². The van der Waals surface area contributed by atoms with Crippen LogP contribution >= 0.6 is 11.6 Å². The lowest BCUT2D eigenvalue weighted by Crippen LogP contribution is -2.16. The summed E-state index contributed by atoms with van der Waals surface area (Å²) in [5.41, 5.74) is 1.61. The number of allylic oxidation sites excluding steroid dienone is 3. The van der Waals surface area contributed by atoms with E-state index in [-0.39, 0.29) is 5.56 Å². The van der Waals surface area contributed by atoms with Crippen LogP contribution in [-0.2, 0) is 12.6 Å². The largest absolute Gasteiger partial charge is 0.416 e. The summed E-state index contributed by atoms with van der Waals surface area (Å²) in [7, 11) is 0. The van der Waals surface area contributed by atoms with Crippen molar-refractivity contribution in [3.63, 3.8) is 0 Å². The third-order valence-electron chi connectivity index (χ3n) is 4.33. The Morgan fingerprint density at radius 1 is 1.10 bits per heavy atom. The standard InChI is InChI=1S/C24H24ClF4N/c1-17(2)16-30-23(10-6-7-11-25)22(12-18-8-4-3-5-9-18)19-13-20(24(27,28)29)15-21(26)14-19/h3-6,8-10,13-16,22H,7,11-12H2,1-2H3/b10-6-,30-23?. The van der Waals surface area contributed by atoms with E-state index in [0.717, 1.165) is 23.3 Å². The monoisotopic (exact) mass is 437 g/mol. The van der Waals surface area contributed by atoms with Crippen LogP contribution in [-0.4, -0.2) is 11.6 Å². The molecule has 0 aromatic heterocycles. The topological polar surface area (TPSA) is 12.4 Å². The second-order valence-corrected chi connectivity index (χ2v) is 7.53. The number of nitrogens with zero attached hydrogens (tertiary/aromatic N) is 1. The van der Waals surface area contributed by atoms with Crippen molar-refractivity contribution in [2.45, 2.75) is 38.8 Å². The number of hydrogen-bond donors (Lipinski definition) is 0. The Morgan fingerprint density at radius 2 is 1.80 bits per heavy atom. The molecule has 30 heavy (non-hydrogen) atoms. The number of benzene rings is 2. The van der Waals surface area contributed by atoms with E-state index < -0.39 is 23.5 Å². The molecular formula is C24H24ClF4N. The Balaban J connectivity index is 2.62. The number of aliphatic imine (C=N–C) groups is 1. The summed E-state index contributed by atoms with van der Waals surface area (Å²) < 4.78 is 54.1. The predicted octanol–water partition coefficient (Wildman–Crippen LogP) is 7.72. The van der Waals surface area contributed by atoms with Gasteiger partial charge in [-0.25, -0.2) is 4.39 Å². The van der Waals surface area contributed by atoms with Crippen molar-refractivity contribution >= 4 is 17.3 Å². The van der Waals surface area contributed by atoms with Gasteiger partial charge in [-0.15, -0.1) is 11.6 Å². The average Bonchev–Trinajstić information content (AvgIpc) is 2.68. The van der Waals surface area contributed by atoms with Gasteiger partial charge in [-0.2, -0.15) is 13.2 Å². The summed E-state index contributed by atoms with van der Waals surface area (Å²) in [5, 5.41) is 0. The molecule has 0 bridgehead atoms. The molecule has 2 aromatic rings. The van der Waals surface area contributed by atoms with Gasteiger partial charge in [0.15, 0.2) is 0 Å². The second-order valence-electron chi connectivity index (χ2n) is 7.15. The fraction of sp³-hybridized carbons (Fsp3) is 0.292. The maximum atomic E-state index is 14.2. The molecule has 0 aliphatic heterocycles. The Kier molecular flexibility index (Phi) is 8.85. The van der Waals surface area contributed by atoms with Gasteiger partial charge in [0.1, 0.15) is 5.82 Å². The lowest BCUT2D eigenvalue weighted by molar-refractivity contribution is -0.137. The van der Waals surface area contributed by atoms with Crippen LogP contribution in [0.5, 0.6) is 0 Å². The van der Waals surface area contributed by atoms with Crippen molar-refractivity contribution in [1.29, 1.82) is 0 Å². The quantitative estimate of drug-likeness (QED) is 0.228. The van der Waals surface area contributed by atoms with Gasteiger partial charge < -0.3 is 0 Å². The fourth-order valence-electron chi connectivity index (χ4n) is 2.94. The molecule has 0 heterocycles. The van der Waals surface area contributed by atoms with Crippen LogP contribution in [0.15, 0.2) is 77.4 Å². The lowest BCUT2D eigenvalue weighted by atomic mass is 9.86. The van der Waals surface area contributed by atoms with Crippen molar-refractivity contribution in [3.8, 4) is 0 Å². The number of hydrogen-bond acceptors (Lipinski definition) is 1. The van der Waals surface area contributed by atoms with Gasteiger partial charge >= 0.3 is 6.18 Å². The van der Waals surface area contributed by atoms with Gasteiger partial charge in [0.2, 0.25) is 0 Å². The Bertz CT molecular complexity index is 911. The summed E-state index contributed by atoms with van der Waals surface area (Å²) in [6.45, 7) is 3.75. The number of alkyl halides is 4. The van der Waals surface area contributed by atoms with Gasteiger partial charge in [-0.1, -0.05) is 42.0 Å². The van der Waals surface area contributed by atoms with Crippen molar-refractivity contribution < 1.29 is 17.6 Å². The molecule has 1 unspecified atom stereocenters. The Hall–Kier alpha value is -2.40. The minimum atomic E-state index is -4.64. The van der Waals surface area contributed by atoms with E-state index in [4.69, 9.17) is 11.6 Å². The molecule has 2 aromatic carbocycles. The lowest BCUT2D eigenvalue weighted by Gasteiger charge is -2.20. The average molecular weight is 438 g/mol. The predicted molar refractivity (Wildman–Crippen MR) is 116 cm³/mol. The van der Waals surface area contributed by atoms with Gasteiger partial charge in [0.25, 0.3) is 0 Å². The van der Waals surface area contributed by atoms with Crippen LogP contribution < -0.4 is 0 Å². The molecule has 160 valence electrons. The second kappa shape index (κ2) is 11.1. The van der Waals surface area contributed by atoms with Crippen LogP contribution in [0, 0.1) is 5.82 Å². The van der Waals surface area contributed by atoms with Gasteiger partial charge in [-0.05, 0) is 62.1 Å². The normalized spacial score (nSPS) is 13.5. The molecule has 0 radical (unpaired) electrons. The third-order valence-corrected chi connectivity index (χ3v) is 4.54. The minimum absolute atomic E-state index is 0.225. The summed E-state index contributed by atoms with van der Waals surface area (Å²) in [6.07, 6.45) is 1.56. The molecular weight excluding hydrogens is 414 g/mol. The molecule has 0 saturated carbocycles. The third kappa shape index (κ3) is 7.45. The molecule has 0 N–H and O–H groups in total. The van der Waals surface area contributed by atoms with Gasteiger partial charge in [0.05, 0.1) is 5.56 Å². The molecule has 0 amide bonds. The molecule has 0 spiro atoms. The van der Waals surface area contributed by atoms with Crippen LogP contribution in [0.3, 0.4) is 0 Å². The first-order chi connectivity index (χ1) is 14.2. The SMILES string of the molecule is CC(C)=CN=C(/C=C\CCCl)C(Cc1ccccc1)c1cc(F)cc(C(F)(F)F)c1. The van der Waals surface area contributed by atoms with E-state index in [1.54, 1.807) is 12.3 Å². The van der Waals surface area contributed by atoms with Crippen molar-refractivity contribution in [2.75, 3.05) is 5.88 Å². The number of halogens is 5. The van der Waals surface area contributed by atoms with Crippen LogP contribution in [0.4, 0.5) is 17.6 Å². The molecule has 0 aliphatic carbocycles. The smallest absolute Gasteiger partial charge is 0.261 e. The zero-order valence-electron chi connectivity index (χ0n) is 16.9. The minimum Gasteiger partial charge on any atom is -0.261 e. The van der Waals surface area contributed by atoms with Gasteiger partial charge in [0, 0.05) is 23.7 Å². The summed E-state index contributed by atoms with van der Waals surface area (Å²) in [5.74, 6) is -1.08. The van der Waals surface area contributed by atoms with E-state index in [1.807, 2.05) is 50.3 Å². The van der Waals surface area contributed by atoms with Gasteiger partial charge in [-0.3, -0.25) is 4.99 Å². The van der Waals surface area contributed by atoms with Crippen molar-refractivity contribution in [2.24, 2.45) is 4.99 Å². The summed E-state index contributed by atoms with van der Waals surface area (Å²) in [6, 6.07) is 12.0. The Morgan fingerprint density at radius 3 is 2.40 bits per heavy atom. The summed E-state index contributed by atoms with van der Waals surface area (Å²) in [4.78, 5) is 4.51. The van der Waals surface area contributed by atoms with Crippen LogP contribution in [0.2, 0.25) is 0 Å². The first kappa shape index (κ1) is 23.9. The molecule has 6 heteroatoms. The zero-order valence-corrected chi connectivity index (χ0v) is 17.6. The van der Waals surface area contributed by atoms with Crippen molar-refractivity contribution in [3.05, 3.63) is 95.0 Å². The molecule has 0 fully saturated rings. The van der Waals surface area contributed by atoms with E-state index >= 15 is 0 Å². The van der Waals surface area contributed by atoms with Crippen molar-refractivity contribution in [1.82, 2.24) is 0 Å². The number of rotatable bonds is 8. The summed E-state index contributed by atoms with van der Waals surface area (Å²) >= 11 is 5.75. The molecule has 1 nitrogen and oxygen atoms in total. The molecule has 0 saturated heterocycles. The maximum absolute atomic E-state index is 14.2. The highest BCUT2D eigenvalue weighted by molar-refractivity contribution is 6.18. The first-order valence-corrected chi connectivity index (χ1v) is 10.1. The van der Waals surface area contributed by atoms with E-state index in [0.29, 0.717) is 30.5 Å². The fourth-order valence-corrected chi connectivity index (χ4v) is 3.07. The van der Waals surface area contributed by atoms with E-state index in [1.165, 1.54) is 0 Å². The van der Waals surface area contributed by atoms with E-state index in [9.17, 15) is 17.6 Å². The highest BCUT2D eigenvalue weighted by atomic mass is 35.5. The highest BCUT2D eigenvalue weighted by Crippen LogP contribution is 2.33. The molecule has 2 rings (SSSR count). The Labute approximate surface area is 179 Å². The molecule has 0 aliphatic rings.